The first kappa shape index (κ1) is 25.1. The second-order valence-electron chi connectivity index (χ2n) is 9.80. The Bertz CT molecular complexity index is 820. The maximum atomic E-state index is 12.6. The summed E-state index contributed by atoms with van der Waals surface area (Å²) in [7, 11) is -1.75. The molecule has 1 heterocycles. The van der Waals surface area contributed by atoms with Crippen LogP contribution in [-0.2, 0) is 15.8 Å². The van der Waals surface area contributed by atoms with Gasteiger partial charge >= 0.3 is 0 Å². The molecule has 0 N–H and O–H groups in total. The van der Waals surface area contributed by atoms with Gasteiger partial charge in [-0.15, -0.1) is 0 Å². The predicted molar refractivity (Wildman–Crippen MR) is 133 cm³/mol. The van der Waals surface area contributed by atoms with Gasteiger partial charge in [-0.1, -0.05) is 25.2 Å². The third kappa shape index (κ3) is 6.95. The van der Waals surface area contributed by atoms with E-state index in [4.69, 9.17) is 9.16 Å². The van der Waals surface area contributed by atoms with Crippen molar-refractivity contribution in [1.29, 1.82) is 0 Å². The van der Waals surface area contributed by atoms with Crippen molar-refractivity contribution in [3.63, 3.8) is 0 Å². The summed E-state index contributed by atoms with van der Waals surface area (Å²) in [6, 6.07) is 9.82. The smallest absolute Gasteiger partial charge is 0.192 e. The summed E-state index contributed by atoms with van der Waals surface area (Å²) in [5, 5.41) is 4.23. The van der Waals surface area contributed by atoms with Gasteiger partial charge in [-0.3, -0.25) is 0 Å². The molecule has 0 radical (unpaired) electrons. The molecule has 1 aromatic carbocycles. The van der Waals surface area contributed by atoms with Crippen molar-refractivity contribution in [1.82, 2.24) is 0 Å². The zero-order valence-electron chi connectivity index (χ0n) is 19.4. The highest BCUT2D eigenvalue weighted by atomic mass is 32.2. The van der Waals surface area contributed by atoms with E-state index in [9.17, 15) is 4.55 Å². The summed E-state index contributed by atoms with van der Waals surface area (Å²) in [5.74, 6) is 0.791. The number of rotatable bonds is 8. The Morgan fingerprint density at radius 2 is 1.63 bits per heavy atom. The zero-order valence-corrected chi connectivity index (χ0v) is 22.1. The first-order chi connectivity index (χ1) is 13.8. The minimum atomic E-state index is -1.75. The SMILES string of the molecule is CC(C)(C)[S+]([O-])N=C(c1ccc(OCCO[Si](C)(C)C(C)(C)C)cc1)c1ccsc1. The normalized spacial score (nSPS) is 14.6. The molecule has 7 heteroatoms. The van der Waals surface area contributed by atoms with Crippen LogP contribution in [-0.4, -0.2) is 36.5 Å². The van der Waals surface area contributed by atoms with Crippen LogP contribution in [0.3, 0.4) is 0 Å². The highest BCUT2D eigenvalue weighted by molar-refractivity contribution is 7.91. The van der Waals surface area contributed by atoms with Crippen molar-refractivity contribution in [2.45, 2.75) is 64.4 Å². The summed E-state index contributed by atoms with van der Waals surface area (Å²) < 4.78 is 28.8. The molecular weight excluding hydrogens is 430 g/mol. The second-order valence-corrected chi connectivity index (χ2v) is 17.3. The minimum Gasteiger partial charge on any atom is -0.591 e. The Morgan fingerprint density at radius 3 is 2.13 bits per heavy atom. The predicted octanol–water partition coefficient (Wildman–Crippen LogP) is 6.45. The van der Waals surface area contributed by atoms with Crippen LogP contribution in [0, 0.1) is 0 Å². The number of hydrogen-bond donors (Lipinski definition) is 0. The molecule has 1 atom stereocenters. The van der Waals surface area contributed by atoms with Gasteiger partial charge < -0.3 is 13.7 Å². The molecule has 0 aliphatic rings. The van der Waals surface area contributed by atoms with Crippen LogP contribution in [0.25, 0.3) is 0 Å². The van der Waals surface area contributed by atoms with Crippen LogP contribution in [0.4, 0.5) is 0 Å². The van der Waals surface area contributed by atoms with Gasteiger partial charge in [0, 0.05) is 16.5 Å². The Labute approximate surface area is 190 Å². The molecule has 4 nitrogen and oxygen atoms in total. The van der Waals surface area contributed by atoms with Crippen LogP contribution in [0.5, 0.6) is 5.75 Å². The second kappa shape index (κ2) is 10.00. The lowest BCUT2D eigenvalue weighted by Crippen LogP contribution is -2.41. The molecule has 0 bridgehead atoms. The molecule has 166 valence electrons. The molecule has 0 aliphatic heterocycles. The molecule has 2 rings (SSSR count). The largest absolute Gasteiger partial charge is 0.591 e. The Balaban J connectivity index is 2.06. The maximum absolute atomic E-state index is 12.6. The van der Waals surface area contributed by atoms with Crippen LogP contribution >= 0.6 is 11.3 Å². The molecule has 0 spiro atoms. The molecule has 0 saturated carbocycles. The van der Waals surface area contributed by atoms with E-state index in [0.717, 1.165) is 22.6 Å². The van der Waals surface area contributed by atoms with Crippen molar-refractivity contribution in [3.8, 4) is 5.75 Å². The standard InChI is InChI=1S/C23H35NO3S2Si/c1-22(2,3)29(25)24-21(19-13-16-28-17-19)18-9-11-20(12-10-18)26-14-15-27-30(7,8)23(4,5)6/h9-13,16-17H,14-15H2,1-8H3. The summed E-state index contributed by atoms with van der Waals surface area (Å²) >= 11 is 0.271. The summed E-state index contributed by atoms with van der Waals surface area (Å²) in [6.07, 6.45) is 0. The van der Waals surface area contributed by atoms with Gasteiger partial charge in [0.1, 0.15) is 34.2 Å². The molecule has 2 aromatic rings. The molecule has 0 fully saturated rings. The highest BCUT2D eigenvalue weighted by Crippen LogP contribution is 2.36. The molecule has 0 aliphatic carbocycles. The van der Waals surface area contributed by atoms with E-state index in [-0.39, 0.29) is 5.04 Å². The van der Waals surface area contributed by atoms with Crippen molar-refractivity contribution < 1.29 is 13.7 Å². The van der Waals surface area contributed by atoms with E-state index in [2.05, 4.69) is 38.3 Å². The van der Waals surface area contributed by atoms with Gasteiger partial charge in [0.2, 0.25) is 0 Å². The zero-order chi connectivity index (χ0) is 22.6. The van der Waals surface area contributed by atoms with E-state index in [0.29, 0.717) is 13.2 Å². The monoisotopic (exact) mass is 465 g/mol. The molecule has 30 heavy (non-hydrogen) atoms. The first-order valence-electron chi connectivity index (χ1n) is 10.2. The highest BCUT2D eigenvalue weighted by Gasteiger charge is 2.36. The molecule has 0 amide bonds. The number of thiophene rings is 1. The number of hydrogen-bond acceptors (Lipinski definition) is 5. The molecule has 1 unspecified atom stereocenters. The van der Waals surface area contributed by atoms with Crippen LogP contribution in [0.2, 0.25) is 18.1 Å². The van der Waals surface area contributed by atoms with Gasteiger partial charge in [0.15, 0.2) is 8.32 Å². The van der Waals surface area contributed by atoms with E-state index in [1.165, 1.54) is 0 Å². The van der Waals surface area contributed by atoms with Crippen LogP contribution in [0.1, 0.15) is 52.7 Å². The van der Waals surface area contributed by atoms with Crippen molar-refractivity contribution in [2.75, 3.05) is 13.2 Å². The van der Waals surface area contributed by atoms with Gasteiger partial charge in [-0.25, -0.2) is 0 Å². The van der Waals surface area contributed by atoms with Crippen LogP contribution < -0.4 is 4.74 Å². The average Bonchev–Trinajstić information content (AvgIpc) is 3.16. The quantitative estimate of drug-likeness (QED) is 0.195. The molecule has 0 saturated heterocycles. The van der Waals surface area contributed by atoms with Gasteiger partial charge in [0.25, 0.3) is 0 Å². The van der Waals surface area contributed by atoms with Crippen molar-refractivity contribution >= 4 is 36.7 Å². The lowest BCUT2D eigenvalue weighted by molar-refractivity contribution is 0.203. The van der Waals surface area contributed by atoms with E-state index in [1.54, 1.807) is 11.3 Å². The fourth-order valence-electron chi connectivity index (χ4n) is 2.27. The van der Waals surface area contributed by atoms with Crippen molar-refractivity contribution in [3.05, 3.63) is 52.2 Å². The van der Waals surface area contributed by atoms with Crippen molar-refractivity contribution in [2.24, 2.45) is 4.40 Å². The average molecular weight is 466 g/mol. The summed E-state index contributed by atoms with van der Waals surface area (Å²) in [4.78, 5) is 0. The summed E-state index contributed by atoms with van der Waals surface area (Å²) in [5.41, 5.74) is 2.65. The minimum absolute atomic E-state index is 0.194. The Morgan fingerprint density at radius 1 is 1.00 bits per heavy atom. The van der Waals surface area contributed by atoms with E-state index < -0.39 is 24.4 Å². The van der Waals surface area contributed by atoms with E-state index in [1.807, 2.05) is 61.9 Å². The maximum Gasteiger partial charge on any atom is 0.192 e. The number of benzene rings is 1. The van der Waals surface area contributed by atoms with Gasteiger partial charge in [0.05, 0.1) is 6.61 Å². The first-order valence-corrected chi connectivity index (χ1v) is 15.2. The number of nitrogens with zero attached hydrogens (tertiary/aromatic N) is 1. The van der Waals surface area contributed by atoms with Crippen LogP contribution in [0.15, 0.2) is 45.5 Å². The van der Waals surface area contributed by atoms with Gasteiger partial charge in [-0.05, 0) is 74.6 Å². The lowest BCUT2D eigenvalue weighted by Gasteiger charge is -2.36. The summed E-state index contributed by atoms with van der Waals surface area (Å²) in [6.45, 7) is 18.1. The van der Waals surface area contributed by atoms with E-state index >= 15 is 0 Å². The topological polar surface area (TPSA) is 53.9 Å². The molecule has 1 aromatic heterocycles. The number of ether oxygens (including phenoxy) is 1. The Hall–Kier alpha value is -1.12. The fraction of sp³-hybridized carbons (Fsp3) is 0.522. The third-order valence-electron chi connectivity index (χ3n) is 5.24. The Kier molecular flexibility index (Phi) is 8.38. The third-order valence-corrected chi connectivity index (χ3v) is 11.9. The van der Waals surface area contributed by atoms with Gasteiger partial charge in [-0.2, -0.15) is 11.3 Å². The molecular formula is C23H35NO3S2Si. The lowest BCUT2D eigenvalue weighted by atomic mass is 10.1. The fourth-order valence-corrected chi connectivity index (χ4v) is 4.59.